The summed E-state index contributed by atoms with van der Waals surface area (Å²) in [4.78, 5) is 0. The Hall–Kier alpha value is 1.64. The number of hydrogen-bond donors (Lipinski definition) is 0. The molecule has 0 nitrogen and oxygen atoms in total. The van der Waals surface area contributed by atoms with Crippen LogP contribution in [0.2, 0.25) is 0 Å². The Balaban J connectivity index is 4.02. The summed E-state index contributed by atoms with van der Waals surface area (Å²) in [5.74, 6) is 0. The van der Waals surface area contributed by atoms with E-state index in [-0.39, 0.29) is 0 Å². The SMILES string of the molecule is CC(Cl)(Cl)C(Cl)(Cl)Br. The van der Waals surface area contributed by atoms with Gasteiger partial charge in [-0.25, -0.2) is 0 Å². The highest BCUT2D eigenvalue weighted by Crippen LogP contribution is 2.46. The van der Waals surface area contributed by atoms with Gasteiger partial charge < -0.3 is 0 Å². The fourth-order valence-electron chi connectivity index (χ4n) is 0. The number of alkyl halides is 5. The van der Waals surface area contributed by atoms with Gasteiger partial charge in [-0.1, -0.05) is 46.4 Å². The van der Waals surface area contributed by atoms with Gasteiger partial charge in [0, 0.05) is 0 Å². The summed E-state index contributed by atoms with van der Waals surface area (Å²) in [6, 6.07) is 0. The lowest BCUT2D eigenvalue weighted by Crippen LogP contribution is -2.25. The maximum absolute atomic E-state index is 5.46. The van der Waals surface area contributed by atoms with Crippen LogP contribution < -0.4 is 0 Å². The molecule has 0 N–H and O–H groups in total. The third-order valence-electron chi connectivity index (χ3n) is 0.498. The van der Waals surface area contributed by atoms with Gasteiger partial charge in [-0.15, -0.1) is 0 Å². The fourth-order valence-corrected chi connectivity index (χ4v) is 0. The summed E-state index contributed by atoms with van der Waals surface area (Å²) >= 11 is 24.6. The van der Waals surface area contributed by atoms with Crippen LogP contribution in [0.4, 0.5) is 0 Å². The quantitative estimate of drug-likeness (QED) is 0.631. The van der Waals surface area contributed by atoms with Crippen molar-refractivity contribution in [2.45, 2.75) is 14.5 Å². The largest absolute Gasteiger partial charge is 0.204 e. The van der Waals surface area contributed by atoms with Crippen molar-refractivity contribution in [3.63, 3.8) is 0 Å². The summed E-state index contributed by atoms with van der Waals surface area (Å²) in [5, 5.41) is 0. The highest BCUT2D eigenvalue weighted by molar-refractivity contribution is 9.11. The van der Waals surface area contributed by atoms with Crippen molar-refractivity contribution in [2.75, 3.05) is 0 Å². The molecule has 0 radical (unpaired) electrons. The van der Waals surface area contributed by atoms with Gasteiger partial charge in [0.2, 0.25) is 3.24 Å². The summed E-state index contributed by atoms with van der Waals surface area (Å²) in [5.41, 5.74) is 0. The Morgan fingerprint density at radius 3 is 1.25 bits per heavy atom. The first-order valence-corrected chi connectivity index (χ1v) is 4.00. The summed E-state index contributed by atoms with van der Waals surface area (Å²) in [6.45, 7) is 1.49. The van der Waals surface area contributed by atoms with Gasteiger partial charge >= 0.3 is 0 Å². The molecule has 0 aliphatic rings. The van der Waals surface area contributed by atoms with Crippen LogP contribution >= 0.6 is 62.3 Å². The molecule has 0 rings (SSSR count). The second-order valence-corrected chi connectivity index (χ2v) is 6.52. The van der Waals surface area contributed by atoms with E-state index >= 15 is 0 Å². The second kappa shape index (κ2) is 2.71. The first kappa shape index (κ1) is 9.64. The van der Waals surface area contributed by atoms with Crippen molar-refractivity contribution >= 4 is 62.3 Å². The van der Waals surface area contributed by atoms with Gasteiger partial charge in [-0.3, -0.25) is 0 Å². The number of rotatable bonds is 1. The molecule has 0 amide bonds. The third kappa shape index (κ3) is 2.98. The van der Waals surface area contributed by atoms with Crippen molar-refractivity contribution < 1.29 is 0 Å². The van der Waals surface area contributed by atoms with Crippen LogP contribution in [0.5, 0.6) is 0 Å². The summed E-state index contributed by atoms with van der Waals surface area (Å²) in [7, 11) is 0. The lowest BCUT2D eigenvalue weighted by atomic mass is 10.5. The monoisotopic (exact) mass is 258 g/mol. The molecule has 0 aliphatic heterocycles. The van der Waals surface area contributed by atoms with E-state index in [9.17, 15) is 0 Å². The van der Waals surface area contributed by atoms with E-state index in [1.807, 2.05) is 0 Å². The molecular formula is C3H3BrCl4. The zero-order valence-electron chi connectivity index (χ0n) is 3.89. The molecule has 0 unspecified atom stereocenters. The van der Waals surface area contributed by atoms with Crippen molar-refractivity contribution in [1.29, 1.82) is 0 Å². The topological polar surface area (TPSA) is 0 Å². The molecular weight excluding hydrogens is 258 g/mol. The molecule has 5 heteroatoms. The zero-order valence-corrected chi connectivity index (χ0v) is 8.50. The smallest absolute Gasteiger partial charge is 0.0976 e. The van der Waals surface area contributed by atoms with Gasteiger partial charge in [0.05, 0.1) is 0 Å². The molecule has 0 heterocycles. The van der Waals surface area contributed by atoms with Crippen LogP contribution in [0.15, 0.2) is 0 Å². The highest BCUT2D eigenvalue weighted by Gasteiger charge is 2.40. The first-order chi connectivity index (χ1) is 3.25. The molecule has 0 aromatic carbocycles. The summed E-state index contributed by atoms with van der Waals surface area (Å²) < 4.78 is -2.45. The van der Waals surface area contributed by atoms with Crippen molar-refractivity contribution in [2.24, 2.45) is 0 Å². The molecule has 50 valence electrons. The Morgan fingerprint density at radius 1 is 1.12 bits per heavy atom. The third-order valence-corrected chi connectivity index (χ3v) is 3.46. The molecule has 0 spiro atoms. The maximum atomic E-state index is 5.46. The first-order valence-electron chi connectivity index (χ1n) is 1.69. The van der Waals surface area contributed by atoms with Crippen molar-refractivity contribution in [3.05, 3.63) is 0 Å². The van der Waals surface area contributed by atoms with Gasteiger partial charge in [0.1, 0.15) is 0 Å². The van der Waals surface area contributed by atoms with Crippen molar-refractivity contribution in [3.8, 4) is 0 Å². The molecule has 0 saturated heterocycles. The number of halogens is 5. The van der Waals surface area contributed by atoms with E-state index in [0.717, 1.165) is 0 Å². The van der Waals surface area contributed by atoms with Crippen LogP contribution in [0.3, 0.4) is 0 Å². The Bertz CT molecular complexity index is 66.3. The standard InChI is InChI=1S/C3H3BrCl4/c1-2(5,6)3(4,7)8/h1H3. The van der Waals surface area contributed by atoms with Gasteiger partial charge in [-0.2, -0.15) is 0 Å². The fraction of sp³-hybridized carbons (Fsp3) is 1.00. The van der Waals surface area contributed by atoms with Gasteiger partial charge in [0.15, 0.2) is 4.33 Å². The molecule has 0 aliphatic carbocycles. The lowest BCUT2D eigenvalue weighted by Gasteiger charge is -2.22. The summed E-state index contributed by atoms with van der Waals surface area (Å²) in [6.07, 6.45) is 0. The van der Waals surface area contributed by atoms with Crippen LogP contribution in [-0.2, 0) is 0 Å². The Kier molecular flexibility index (Phi) is 3.27. The van der Waals surface area contributed by atoms with E-state index in [1.54, 1.807) is 0 Å². The van der Waals surface area contributed by atoms with Crippen molar-refractivity contribution in [1.82, 2.24) is 0 Å². The minimum atomic E-state index is -1.27. The molecule has 0 atom stereocenters. The minimum absolute atomic E-state index is 1.17. The molecule has 8 heavy (non-hydrogen) atoms. The van der Waals surface area contributed by atoms with Gasteiger partial charge in [-0.05, 0) is 22.9 Å². The Morgan fingerprint density at radius 2 is 1.25 bits per heavy atom. The van der Waals surface area contributed by atoms with Gasteiger partial charge in [0.25, 0.3) is 0 Å². The predicted molar refractivity (Wildman–Crippen MR) is 43.5 cm³/mol. The second-order valence-electron chi connectivity index (χ2n) is 1.39. The van der Waals surface area contributed by atoms with E-state index in [0.29, 0.717) is 0 Å². The molecule has 0 bridgehead atoms. The van der Waals surface area contributed by atoms with E-state index in [2.05, 4.69) is 15.9 Å². The van der Waals surface area contributed by atoms with E-state index < -0.39 is 7.58 Å². The maximum Gasteiger partial charge on any atom is 0.204 e. The number of hydrogen-bond acceptors (Lipinski definition) is 0. The normalized spacial score (nSPS) is 14.2. The average molecular weight is 261 g/mol. The van der Waals surface area contributed by atoms with Crippen LogP contribution in [0.25, 0.3) is 0 Å². The molecule has 0 saturated carbocycles. The molecule has 0 fully saturated rings. The van der Waals surface area contributed by atoms with Crippen LogP contribution in [-0.4, -0.2) is 7.58 Å². The van der Waals surface area contributed by atoms with E-state index in [1.165, 1.54) is 6.92 Å². The molecule has 0 aromatic heterocycles. The van der Waals surface area contributed by atoms with E-state index in [4.69, 9.17) is 46.4 Å². The molecule has 0 aromatic rings. The predicted octanol–water partition coefficient (Wildman–Crippen LogP) is 3.71. The average Bonchev–Trinajstić information content (AvgIpc) is 1.25. The zero-order chi connectivity index (χ0) is 7.00. The highest BCUT2D eigenvalue weighted by atomic mass is 79.9. The lowest BCUT2D eigenvalue weighted by molar-refractivity contribution is 0.918. The minimum Gasteiger partial charge on any atom is -0.0976 e. The van der Waals surface area contributed by atoms with Crippen LogP contribution in [0.1, 0.15) is 6.92 Å². The Labute approximate surface area is 76.5 Å². The van der Waals surface area contributed by atoms with Crippen LogP contribution in [0, 0.1) is 0 Å².